The lowest BCUT2D eigenvalue weighted by Gasteiger charge is -2.17. The Morgan fingerprint density at radius 1 is 1.00 bits per heavy atom. The van der Waals surface area contributed by atoms with Gasteiger partial charge in [0.15, 0.2) is 0 Å². The van der Waals surface area contributed by atoms with Gasteiger partial charge in [-0.2, -0.15) is 0 Å². The number of halogens is 2. The molecule has 2 aromatic carbocycles. The van der Waals surface area contributed by atoms with E-state index in [9.17, 15) is 0 Å². The van der Waals surface area contributed by atoms with Gasteiger partial charge in [0.1, 0.15) is 0 Å². The van der Waals surface area contributed by atoms with Crippen molar-refractivity contribution in [1.82, 2.24) is 0 Å². The molecule has 0 spiro atoms. The highest BCUT2D eigenvalue weighted by molar-refractivity contribution is 6.42. The largest absolute Gasteiger partial charge is 0.320 e. The first kappa shape index (κ1) is 13.4. The van der Waals surface area contributed by atoms with Gasteiger partial charge in [-0.3, -0.25) is 0 Å². The van der Waals surface area contributed by atoms with Gasteiger partial charge in [-0.25, -0.2) is 0 Å². The highest BCUT2D eigenvalue weighted by Crippen LogP contribution is 2.32. The van der Waals surface area contributed by atoms with Gasteiger partial charge < -0.3 is 5.73 Å². The van der Waals surface area contributed by atoms with Crippen LogP contribution in [0.4, 0.5) is 0 Å². The van der Waals surface area contributed by atoms with Crippen LogP contribution in [0.15, 0.2) is 36.4 Å². The van der Waals surface area contributed by atoms with Crippen LogP contribution in [0.5, 0.6) is 0 Å². The molecule has 0 aliphatic carbocycles. The Morgan fingerprint density at radius 3 is 2.39 bits per heavy atom. The van der Waals surface area contributed by atoms with Crippen LogP contribution < -0.4 is 5.73 Å². The van der Waals surface area contributed by atoms with Gasteiger partial charge in [0, 0.05) is 0 Å². The molecule has 0 amide bonds. The lowest BCUT2D eigenvalue weighted by Crippen LogP contribution is -2.14. The topological polar surface area (TPSA) is 26.0 Å². The number of hydrogen-bond donors (Lipinski definition) is 1. The predicted molar refractivity (Wildman–Crippen MR) is 78.4 cm³/mol. The van der Waals surface area contributed by atoms with E-state index in [4.69, 9.17) is 28.9 Å². The summed E-state index contributed by atoms with van der Waals surface area (Å²) in [7, 11) is 0. The zero-order valence-corrected chi connectivity index (χ0v) is 11.9. The van der Waals surface area contributed by atoms with E-state index in [-0.39, 0.29) is 6.04 Å². The molecule has 0 aliphatic heterocycles. The van der Waals surface area contributed by atoms with Crippen molar-refractivity contribution in [3.63, 3.8) is 0 Å². The molecule has 0 radical (unpaired) electrons. The van der Waals surface area contributed by atoms with E-state index in [0.29, 0.717) is 10.0 Å². The molecule has 3 heteroatoms. The number of hydrogen-bond acceptors (Lipinski definition) is 1. The fourth-order valence-electron chi connectivity index (χ4n) is 2.10. The average molecular weight is 280 g/mol. The standard InChI is InChI=1S/C15H15Cl2N/c1-9-6-7-11(10(2)8-9)15(18)12-4-3-5-13(16)14(12)17/h3-8,15H,18H2,1-2H3. The first-order valence-electron chi connectivity index (χ1n) is 5.77. The number of aryl methyl sites for hydroxylation is 2. The van der Waals surface area contributed by atoms with Crippen molar-refractivity contribution in [3.05, 3.63) is 68.7 Å². The number of nitrogens with two attached hydrogens (primary N) is 1. The van der Waals surface area contributed by atoms with Crippen LogP contribution in [-0.4, -0.2) is 0 Å². The van der Waals surface area contributed by atoms with Crippen molar-refractivity contribution in [2.75, 3.05) is 0 Å². The van der Waals surface area contributed by atoms with Crippen molar-refractivity contribution >= 4 is 23.2 Å². The van der Waals surface area contributed by atoms with E-state index in [1.165, 1.54) is 11.1 Å². The highest BCUT2D eigenvalue weighted by atomic mass is 35.5. The molecule has 1 unspecified atom stereocenters. The second-order valence-corrected chi connectivity index (χ2v) is 5.27. The lowest BCUT2D eigenvalue weighted by atomic mass is 9.94. The fraction of sp³-hybridized carbons (Fsp3) is 0.200. The molecule has 1 atom stereocenters. The Labute approximate surface area is 118 Å². The fourth-order valence-corrected chi connectivity index (χ4v) is 2.53. The lowest BCUT2D eigenvalue weighted by molar-refractivity contribution is 0.861. The minimum Gasteiger partial charge on any atom is -0.320 e. The summed E-state index contributed by atoms with van der Waals surface area (Å²) >= 11 is 12.2. The first-order valence-corrected chi connectivity index (χ1v) is 6.53. The normalized spacial score (nSPS) is 12.5. The van der Waals surface area contributed by atoms with Gasteiger partial charge in [0.05, 0.1) is 16.1 Å². The van der Waals surface area contributed by atoms with Crippen LogP contribution in [0.2, 0.25) is 10.0 Å². The Bertz CT molecular complexity index is 579. The molecule has 94 valence electrons. The van der Waals surface area contributed by atoms with Crippen LogP contribution >= 0.6 is 23.2 Å². The number of benzene rings is 2. The summed E-state index contributed by atoms with van der Waals surface area (Å²) in [6.45, 7) is 4.12. The molecule has 1 nitrogen and oxygen atoms in total. The maximum Gasteiger partial charge on any atom is 0.0643 e. The monoisotopic (exact) mass is 279 g/mol. The minimum absolute atomic E-state index is 0.253. The SMILES string of the molecule is Cc1ccc(C(N)c2cccc(Cl)c2Cl)c(C)c1. The number of rotatable bonds is 2. The molecule has 2 aromatic rings. The molecular formula is C15H15Cl2N. The summed E-state index contributed by atoms with van der Waals surface area (Å²) in [6, 6.07) is 11.5. The Morgan fingerprint density at radius 2 is 1.72 bits per heavy atom. The van der Waals surface area contributed by atoms with E-state index in [1.807, 2.05) is 18.2 Å². The maximum atomic E-state index is 6.29. The van der Waals surface area contributed by atoms with Gasteiger partial charge >= 0.3 is 0 Å². The molecule has 0 saturated carbocycles. The second kappa shape index (κ2) is 5.31. The molecule has 0 saturated heterocycles. The summed E-state index contributed by atoms with van der Waals surface area (Å²) < 4.78 is 0. The van der Waals surface area contributed by atoms with E-state index >= 15 is 0 Å². The average Bonchev–Trinajstić information content (AvgIpc) is 2.32. The molecule has 2 N–H and O–H groups in total. The van der Waals surface area contributed by atoms with Crippen molar-refractivity contribution < 1.29 is 0 Å². The Hall–Kier alpha value is -1.02. The van der Waals surface area contributed by atoms with Crippen molar-refractivity contribution in [3.8, 4) is 0 Å². The third-order valence-corrected chi connectivity index (χ3v) is 3.91. The van der Waals surface area contributed by atoms with Gasteiger partial charge in [0.25, 0.3) is 0 Å². The van der Waals surface area contributed by atoms with Crippen LogP contribution in [0.3, 0.4) is 0 Å². The third kappa shape index (κ3) is 2.54. The molecule has 0 heterocycles. The molecule has 0 aliphatic rings. The maximum absolute atomic E-state index is 6.29. The molecule has 0 fully saturated rings. The van der Waals surface area contributed by atoms with Gasteiger partial charge in [-0.05, 0) is 36.6 Å². The van der Waals surface area contributed by atoms with E-state index in [2.05, 4.69) is 26.0 Å². The van der Waals surface area contributed by atoms with Crippen molar-refractivity contribution in [2.24, 2.45) is 5.73 Å². The van der Waals surface area contributed by atoms with Crippen LogP contribution in [0, 0.1) is 13.8 Å². The van der Waals surface area contributed by atoms with Crippen molar-refractivity contribution in [1.29, 1.82) is 0 Å². The Balaban J connectivity index is 2.48. The van der Waals surface area contributed by atoms with E-state index in [1.54, 1.807) is 6.07 Å². The smallest absolute Gasteiger partial charge is 0.0643 e. The van der Waals surface area contributed by atoms with Gasteiger partial charge in [0.2, 0.25) is 0 Å². The summed E-state index contributed by atoms with van der Waals surface area (Å²) in [6.07, 6.45) is 0. The van der Waals surface area contributed by atoms with Crippen molar-refractivity contribution in [2.45, 2.75) is 19.9 Å². The molecule has 0 bridgehead atoms. The van der Waals surface area contributed by atoms with E-state index < -0.39 is 0 Å². The summed E-state index contributed by atoms with van der Waals surface area (Å²) in [4.78, 5) is 0. The summed E-state index contributed by atoms with van der Waals surface area (Å²) in [5, 5.41) is 1.07. The summed E-state index contributed by atoms with van der Waals surface area (Å²) in [5.41, 5.74) is 10.6. The summed E-state index contributed by atoms with van der Waals surface area (Å²) in [5.74, 6) is 0. The molecule has 2 rings (SSSR count). The molecule has 18 heavy (non-hydrogen) atoms. The first-order chi connectivity index (χ1) is 8.50. The zero-order valence-electron chi connectivity index (χ0n) is 10.4. The highest BCUT2D eigenvalue weighted by Gasteiger charge is 2.15. The van der Waals surface area contributed by atoms with E-state index in [0.717, 1.165) is 11.1 Å². The zero-order chi connectivity index (χ0) is 13.3. The van der Waals surface area contributed by atoms with Crippen LogP contribution in [0.1, 0.15) is 28.3 Å². The van der Waals surface area contributed by atoms with Gasteiger partial charge in [-0.15, -0.1) is 0 Å². The van der Waals surface area contributed by atoms with Gasteiger partial charge in [-0.1, -0.05) is 59.1 Å². The van der Waals surface area contributed by atoms with Crippen LogP contribution in [-0.2, 0) is 0 Å². The Kier molecular flexibility index (Phi) is 3.96. The minimum atomic E-state index is -0.253. The molecular weight excluding hydrogens is 265 g/mol. The van der Waals surface area contributed by atoms with Crippen LogP contribution in [0.25, 0.3) is 0 Å². The quantitative estimate of drug-likeness (QED) is 0.850. The predicted octanol–water partition coefficient (Wildman–Crippen LogP) is 4.66. The second-order valence-electron chi connectivity index (χ2n) is 4.48. The molecule has 0 aromatic heterocycles. The third-order valence-electron chi connectivity index (χ3n) is 3.08.